The molecule has 0 spiro atoms. The highest BCUT2D eigenvalue weighted by Crippen LogP contribution is 2.15. The average molecular weight is 375 g/mol. The van der Waals surface area contributed by atoms with Crippen LogP contribution in [-0.2, 0) is 6.42 Å². The fraction of sp³-hybridized carbons (Fsp3) is 0.500. The third-order valence-corrected chi connectivity index (χ3v) is 5.11. The van der Waals surface area contributed by atoms with Gasteiger partial charge in [-0.25, -0.2) is 4.98 Å². The van der Waals surface area contributed by atoms with E-state index in [2.05, 4.69) is 32.9 Å². The molecule has 0 aliphatic carbocycles. The van der Waals surface area contributed by atoms with Gasteiger partial charge < -0.3 is 15.7 Å². The fourth-order valence-corrected chi connectivity index (χ4v) is 3.48. The van der Waals surface area contributed by atoms with Crippen LogP contribution in [0.2, 0.25) is 0 Å². The van der Waals surface area contributed by atoms with Crippen LogP contribution in [-0.4, -0.2) is 42.3 Å². The van der Waals surface area contributed by atoms with Gasteiger partial charge >= 0.3 is 0 Å². The van der Waals surface area contributed by atoms with Crippen LogP contribution in [0.1, 0.15) is 41.9 Å². The van der Waals surface area contributed by atoms with E-state index in [4.69, 9.17) is 0 Å². The van der Waals surface area contributed by atoms with Crippen LogP contribution in [0.4, 0.5) is 0 Å². The smallest absolute Gasteiger partial charge is 0.191 e. The molecule has 142 valence electrons. The number of thiazole rings is 1. The van der Waals surface area contributed by atoms with E-state index in [9.17, 15) is 5.11 Å². The van der Waals surface area contributed by atoms with Gasteiger partial charge in [-0.15, -0.1) is 11.3 Å². The molecular formula is C20H30N4OS. The zero-order valence-electron chi connectivity index (χ0n) is 15.7. The predicted molar refractivity (Wildman–Crippen MR) is 110 cm³/mol. The van der Waals surface area contributed by atoms with Crippen LogP contribution in [0.5, 0.6) is 0 Å². The van der Waals surface area contributed by atoms with Crippen LogP contribution < -0.4 is 10.6 Å². The summed E-state index contributed by atoms with van der Waals surface area (Å²) in [5.74, 6) is 0.840. The summed E-state index contributed by atoms with van der Waals surface area (Å²) in [5.41, 5.74) is 2.23. The van der Waals surface area contributed by atoms with Gasteiger partial charge in [-0.3, -0.25) is 4.99 Å². The number of nitrogens with one attached hydrogen (secondary N) is 2. The second-order valence-corrected chi connectivity index (χ2v) is 7.22. The molecule has 0 aliphatic heterocycles. The number of hydrogen-bond acceptors (Lipinski definition) is 4. The highest BCUT2D eigenvalue weighted by molar-refractivity contribution is 7.09. The third kappa shape index (κ3) is 7.14. The standard InChI is InChI=1S/C20H30N4OS/c1-3-21-20(22-12-8-7-11-19-24-16(2)15-26-19)23-13-18(14-25)17-9-5-4-6-10-17/h4-6,9-10,15,18,25H,3,7-8,11-14H2,1-2H3,(H2,21,22,23). The monoisotopic (exact) mass is 374 g/mol. The maximum absolute atomic E-state index is 9.66. The van der Waals surface area contributed by atoms with E-state index >= 15 is 0 Å². The number of aromatic nitrogens is 1. The fourth-order valence-electron chi connectivity index (χ4n) is 2.66. The number of hydrogen-bond donors (Lipinski definition) is 3. The first-order valence-electron chi connectivity index (χ1n) is 9.32. The van der Waals surface area contributed by atoms with Gasteiger partial charge in [0.15, 0.2) is 5.96 Å². The topological polar surface area (TPSA) is 69.5 Å². The zero-order chi connectivity index (χ0) is 18.6. The second kappa shape index (κ2) is 11.6. The molecule has 1 atom stereocenters. The minimum Gasteiger partial charge on any atom is -0.396 e. The van der Waals surface area contributed by atoms with Crippen molar-refractivity contribution in [2.24, 2.45) is 4.99 Å². The molecule has 2 aromatic rings. The molecule has 3 N–H and O–H groups in total. The summed E-state index contributed by atoms with van der Waals surface area (Å²) >= 11 is 1.74. The lowest BCUT2D eigenvalue weighted by Gasteiger charge is -2.15. The summed E-state index contributed by atoms with van der Waals surface area (Å²) in [6, 6.07) is 10.1. The largest absolute Gasteiger partial charge is 0.396 e. The predicted octanol–water partition coefficient (Wildman–Crippen LogP) is 3.11. The first kappa shape index (κ1) is 20.4. The lowest BCUT2D eigenvalue weighted by Crippen LogP contribution is -2.38. The third-order valence-electron chi connectivity index (χ3n) is 4.08. The molecule has 26 heavy (non-hydrogen) atoms. The Morgan fingerprint density at radius 3 is 2.69 bits per heavy atom. The quantitative estimate of drug-likeness (QED) is 0.340. The second-order valence-electron chi connectivity index (χ2n) is 6.28. The highest BCUT2D eigenvalue weighted by atomic mass is 32.1. The van der Waals surface area contributed by atoms with Crippen molar-refractivity contribution in [2.75, 3.05) is 26.2 Å². The van der Waals surface area contributed by atoms with E-state index < -0.39 is 0 Å². The molecule has 0 saturated carbocycles. The van der Waals surface area contributed by atoms with Crippen molar-refractivity contribution in [3.63, 3.8) is 0 Å². The van der Waals surface area contributed by atoms with E-state index in [-0.39, 0.29) is 12.5 Å². The highest BCUT2D eigenvalue weighted by Gasteiger charge is 2.09. The lowest BCUT2D eigenvalue weighted by atomic mass is 10.0. The molecule has 0 amide bonds. The summed E-state index contributed by atoms with van der Waals surface area (Å²) in [4.78, 5) is 9.14. The van der Waals surface area contributed by atoms with Crippen molar-refractivity contribution in [1.82, 2.24) is 15.6 Å². The molecule has 1 aromatic heterocycles. The van der Waals surface area contributed by atoms with E-state index in [0.717, 1.165) is 49.6 Å². The molecule has 0 aliphatic rings. The number of aliphatic hydroxyl groups is 1. The summed E-state index contributed by atoms with van der Waals surface area (Å²) in [5, 5.41) is 19.6. The first-order chi connectivity index (χ1) is 12.7. The number of rotatable bonds is 10. The molecule has 5 nitrogen and oxygen atoms in total. The van der Waals surface area contributed by atoms with E-state index in [1.807, 2.05) is 37.3 Å². The molecule has 0 radical (unpaired) electrons. The Kier molecular flexibility index (Phi) is 9.14. The summed E-state index contributed by atoms with van der Waals surface area (Å²) in [7, 11) is 0. The summed E-state index contributed by atoms with van der Waals surface area (Å²) in [6.45, 7) is 6.46. The van der Waals surface area contributed by atoms with Gasteiger partial charge in [0, 0.05) is 30.1 Å². The number of aliphatic hydroxyl groups excluding tert-OH is 1. The minimum absolute atomic E-state index is 0.0276. The van der Waals surface area contributed by atoms with Crippen LogP contribution in [0.15, 0.2) is 40.7 Å². The summed E-state index contributed by atoms with van der Waals surface area (Å²) < 4.78 is 0. The van der Waals surface area contributed by atoms with Crippen LogP contribution >= 0.6 is 11.3 Å². The number of nitrogens with zero attached hydrogens (tertiary/aromatic N) is 2. The Morgan fingerprint density at radius 1 is 1.23 bits per heavy atom. The van der Waals surface area contributed by atoms with E-state index in [0.29, 0.717) is 6.54 Å². The lowest BCUT2D eigenvalue weighted by molar-refractivity contribution is 0.268. The molecular weight excluding hydrogens is 344 g/mol. The SMILES string of the molecule is CCNC(=NCC(CO)c1ccccc1)NCCCCc1nc(C)cs1. The average Bonchev–Trinajstić information content (AvgIpc) is 3.08. The molecule has 1 heterocycles. The Balaban J connectivity index is 1.76. The van der Waals surface area contributed by atoms with E-state index in [1.54, 1.807) is 11.3 Å². The van der Waals surface area contributed by atoms with Gasteiger partial charge in [-0.05, 0) is 38.7 Å². The van der Waals surface area contributed by atoms with Crippen LogP contribution in [0.3, 0.4) is 0 Å². The van der Waals surface area contributed by atoms with Crippen LogP contribution in [0.25, 0.3) is 0 Å². The van der Waals surface area contributed by atoms with Gasteiger partial charge in [-0.1, -0.05) is 30.3 Å². The summed E-state index contributed by atoms with van der Waals surface area (Å²) in [6.07, 6.45) is 3.22. The Labute approximate surface area is 160 Å². The molecule has 1 aromatic carbocycles. The molecule has 6 heteroatoms. The number of aliphatic imine (C=N–C) groups is 1. The van der Waals surface area contributed by atoms with Crippen molar-refractivity contribution >= 4 is 17.3 Å². The maximum atomic E-state index is 9.66. The molecule has 0 saturated heterocycles. The minimum atomic E-state index is 0.0276. The van der Waals surface area contributed by atoms with Crippen LogP contribution in [0, 0.1) is 6.92 Å². The number of benzene rings is 1. The Bertz CT molecular complexity index is 657. The first-order valence-corrected chi connectivity index (χ1v) is 10.2. The van der Waals surface area contributed by atoms with Gasteiger partial charge in [-0.2, -0.15) is 0 Å². The van der Waals surface area contributed by atoms with Crippen molar-refractivity contribution in [2.45, 2.75) is 39.0 Å². The zero-order valence-corrected chi connectivity index (χ0v) is 16.6. The van der Waals surface area contributed by atoms with Gasteiger partial charge in [0.25, 0.3) is 0 Å². The normalized spacial score (nSPS) is 12.8. The number of aryl methyl sites for hydroxylation is 2. The van der Waals surface area contributed by atoms with Crippen molar-refractivity contribution in [3.8, 4) is 0 Å². The Morgan fingerprint density at radius 2 is 2.04 bits per heavy atom. The van der Waals surface area contributed by atoms with Crippen molar-refractivity contribution < 1.29 is 5.11 Å². The number of guanidine groups is 1. The molecule has 2 rings (SSSR count). The molecule has 1 unspecified atom stereocenters. The molecule has 0 fully saturated rings. The van der Waals surface area contributed by atoms with E-state index in [1.165, 1.54) is 5.01 Å². The van der Waals surface area contributed by atoms with Crippen molar-refractivity contribution in [1.29, 1.82) is 0 Å². The Hall–Kier alpha value is -1.92. The number of unbranched alkanes of at least 4 members (excludes halogenated alkanes) is 1. The van der Waals surface area contributed by atoms with Crippen molar-refractivity contribution in [3.05, 3.63) is 52.0 Å². The molecule has 0 bridgehead atoms. The van der Waals surface area contributed by atoms with Gasteiger partial charge in [0.05, 0.1) is 18.2 Å². The van der Waals surface area contributed by atoms with Gasteiger partial charge in [0.1, 0.15) is 0 Å². The van der Waals surface area contributed by atoms with Gasteiger partial charge in [0.2, 0.25) is 0 Å². The maximum Gasteiger partial charge on any atom is 0.191 e.